The van der Waals surface area contributed by atoms with Crippen LogP contribution in [0.15, 0.2) is 30.7 Å². The minimum atomic E-state index is 0.0110. The van der Waals surface area contributed by atoms with Gasteiger partial charge in [-0.25, -0.2) is 4.98 Å². The van der Waals surface area contributed by atoms with Gasteiger partial charge in [0.2, 0.25) is 0 Å². The van der Waals surface area contributed by atoms with Crippen LogP contribution >= 0.6 is 0 Å². The number of hydrogen-bond acceptors (Lipinski definition) is 5. The summed E-state index contributed by atoms with van der Waals surface area (Å²) in [6, 6.07) is 5.65. The third-order valence-electron chi connectivity index (χ3n) is 4.78. The van der Waals surface area contributed by atoms with Crippen LogP contribution in [0.2, 0.25) is 0 Å². The molecule has 1 aromatic carbocycles. The molecule has 1 atom stereocenters. The molecule has 0 saturated heterocycles. The lowest BCUT2D eigenvalue weighted by Gasteiger charge is -2.35. The van der Waals surface area contributed by atoms with Gasteiger partial charge in [0.05, 0.1) is 37.8 Å². The summed E-state index contributed by atoms with van der Waals surface area (Å²) in [5, 5.41) is 0. The average Bonchev–Trinajstić information content (AvgIpc) is 2.98. The highest BCUT2D eigenvalue weighted by Crippen LogP contribution is 2.31. The Balaban J connectivity index is 1.58. The molecule has 0 radical (unpaired) electrons. The molecule has 138 valence electrons. The molecule has 1 amide bonds. The molecule has 0 spiro atoms. The molecule has 1 aromatic heterocycles. The van der Waals surface area contributed by atoms with Gasteiger partial charge >= 0.3 is 0 Å². The lowest BCUT2D eigenvalue weighted by molar-refractivity contribution is 0.0663. The van der Waals surface area contributed by atoms with Crippen LogP contribution in [0.1, 0.15) is 28.5 Å². The largest absolute Gasteiger partial charge is 0.490 e. The van der Waals surface area contributed by atoms with Crippen molar-refractivity contribution in [3.05, 3.63) is 42.0 Å². The summed E-state index contributed by atoms with van der Waals surface area (Å²) in [5.41, 5.74) is 1.69. The summed E-state index contributed by atoms with van der Waals surface area (Å²) in [6.07, 6.45) is 4.55. The van der Waals surface area contributed by atoms with Crippen LogP contribution < -0.4 is 9.47 Å². The number of ether oxygens (including phenoxy) is 2. The van der Waals surface area contributed by atoms with Crippen LogP contribution in [0, 0.1) is 0 Å². The van der Waals surface area contributed by atoms with Crippen LogP contribution in [0.3, 0.4) is 0 Å². The molecule has 3 heterocycles. The third-order valence-corrected chi connectivity index (χ3v) is 4.78. The van der Waals surface area contributed by atoms with E-state index in [2.05, 4.69) is 14.5 Å². The molecule has 4 rings (SSSR count). The average molecular weight is 356 g/mol. The van der Waals surface area contributed by atoms with Gasteiger partial charge in [-0.2, -0.15) is 0 Å². The monoisotopic (exact) mass is 356 g/mol. The van der Waals surface area contributed by atoms with Crippen molar-refractivity contribution in [3.63, 3.8) is 0 Å². The van der Waals surface area contributed by atoms with Gasteiger partial charge in [0.25, 0.3) is 5.91 Å². The molecule has 0 saturated carbocycles. The second-order valence-corrected chi connectivity index (χ2v) is 7.11. The van der Waals surface area contributed by atoms with E-state index in [1.807, 2.05) is 43.7 Å². The number of hydrogen-bond donors (Lipinski definition) is 0. The number of imidazole rings is 1. The zero-order valence-electron chi connectivity index (χ0n) is 15.2. The van der Waals surface area contributed by atoms with Gasteiger partial charge in [-0.15, -0.1) is 0 Å². The van der Waals surface area contributed by atoms with E-state index in [9.17, 15) is 4.79 Å². The van der Waals surface area contributed by atoms with Gasteiger partial charge in [-0.1, -0.05) is 0 Å². The Morgan fingerprint density at radius 2 is 2.08 bits per heavy atom. The Morgan fingerprint density at radius 1 is 1.27 bits per heavy atom. The van der Waals surface area contributed by atoms with Gasteiger partial charge < -0.3 is 23.8 Å². The summed E-state index contributed by atoms with van der Waals surface area (Å²) in [5.74, 6) is 1.37. The zero-order valence-corrected chi connectivity index (χ0v) is 15.2. The molecule has 0 aliphatic carbocycles. The number of carbonyl (C=O) groups excluding carboxylic acids is 1. The van der Waals surface area contributed by atoms with Crippen molar-refractivity contribution in [2.75, 3.05) is 40.4 Å². The van der Waals surface area contributed by atoms with E-state index in [1.54, 1.807) is 6.07 Å². The lowest BCUT2D eigenvalue weighted by atomic mass is 10.1. The predicted molar refractivity (Wildman–Crippen MR) is 96.6 cm³/mol. The van der Waals surface area contributed by atoms with Crippen molar-refractivity contribution in [3.8, 4) is 11.5 Å². The van der Waals surface area contributed by atoms with Gasteiger partial charge in [-0.3, -0.25) is 4.79 Å². The van der Waals surface area contributed by atoms with E-state index in [1.165, 1.54) is 0 Å². The first-order valence-corrected chi connectivity index (χ1v) is 8.96. The molecule has 0 bridgehead atoms. The number of likely N-dealkylation sites (N-methyl/N-ethyl adjacent to an activating group) is 1. The number of nitrogens with zero attached hydrogens (tertiary/aromatic N) is 4. The van der Waals surface area contributed by atoms with Gasteiger partial charge in [-0.05, 0) is 32.3 Å². The molecule has 1 unspecified atom stereocenters. The fraction of sp³-hybridized carbons (Fsp3) is 0.474. The number of fused-ring (bicyclic) bond motifs is 2. The molecule has 7 nitrogen and oxygen atoms in total. The molecule has 0 fully saturated rings. The maximum atomic E-state index is 13.1. The number of rotatable bonds is 3. The van der Waals surface area contributed by atoms with Crippen LogP contribution in [-0.4, -0.2) is 65.7 Å². The predicted octanol–water partition coefficient (Wildman–Crippen LogP) is 1.80. The maximum Gasteiger partial charge on any atom is 0.254 e. The Bertz CT molecular complexity index is 802. The van der Waals surface area contributed by atoms with E-state index in [-0.39, 0.29) is 11.9 Å². The van der Waals surface area contributed by atoms with Crippen molar-refractivity contribution >= 4 is 5.91 Å². The Labute approximate surface area is 153 Å². The quantitative estimate of drug-likeness (QED) is 0.839. The number of amides is 1. The molecular formula is C19H24N4O3. The van der Waals surface area contributed by atoms with E-state index >= 15 is 0 Å². The SMILES string of the molecule is CN(C)CC1CN(C(=O)c2ccc3c(c2)OCCCO3)Cc2cncn21. The Hall–Kier alpha value is -2.54. The van der Waals surface area contributed by atoms with Crippen molar-refractivity contribution in [2.24, 2.45) is 0 Å². The summed E-state index contributed by atoms with van der Waals surface area (Å²) in [6.45, 7) is 3.33. The summed E-state index contributed by atoms with van der Waals surface area (Å²) < 4.78 is 13.6. The number of aromatic nitrogens is 2. The highest BCUT2D eigenvalue weighted by atomic mass is 16.5. The van der Waals surface area contributed by atoms with Crippen molar-refractivity contribution in [1.82, 2.24) is 19.4 Å². The van der Waals surface area contributed by atoms with Crippen LogP contribution in [-0.2, 0) is 6.54 Å². The summed E-state index contributed by atoms with van der Waals surface area (Å²) >= 11 is 0. The van der Waals surface area contributed by atoms with E-state index in [0.717, 1.165) is 18.7 Å². The zero-order chi connectivity index (χ0) is 18.1. The van der Waals surface area contributed by atoms with E-state index in [4.69, 9.17) is 9.47 Å². The minimum absolute atomic E-state index is 0.0110. The molecule has 7 heteroatoms. The van der Waals surface area contributed by atoms with Crippen molar-refractivity contribution < 1.29 is 14.3 Å². The Kier molecular flexibility index (Phi) is 4.55. The molecule has 2 aliphatic rings. The van der Waals surface area contributed by atoms with Gasteiger partial charge in [0, 0.05) is 31.3 Å². The number of carbonyl (C=O) groups is 1. The third kappa shape index (κ3) is 3.26. The fourth-order valence-corrected chi connectivity index (χ4v) is 3.59. The molecule has 2 aliphatic heterocycles. The summed E-state index contributed by atoms with van der Waals surface area (Å²) in [4.78, 5) is 21.4. The standard InChI is InChI=1S/C19H24N4O3/c1-21(2)10-16-12-22(11-15-9-20-13-23(15)16)19(24)14-4-5-17-18(8-14)26-7-3-6-25-17/h4-5,8-9,13,16H,3,6-7,10-12H2,1-2H3. The first kappa shape index (κ1) is 16.9. The van der Waals surface area contributed by atoms with E-state index < -0.39 is 0 Å². The topological polar surface area (TPSA) is 59.8 Å². The van der Waals surface area contributed by atoms with Crippen LogP contribution in [0.25, 0.3) is 0 Å². The van der Waals surface area contributed by atoms with Crippen LogP contribution in [0.5, 0.6) is 11.5 Å². The number of benzene rings is 1. The normalized spacial score (nSPS) is 19.2. The smallest absolute Gasteiger partial charge is 0.254 e. The molecule has 0 N–H and O–H groups in total. The fourth-order valence-electron chi connectivity index (χ4n) is 3.59. The van der Waals surface area contributed by atoms with Crippen molar-refractivity contribution in [1.29, 1.82) is 0 Å². The second kappa shape index (κ2) is 6.99. The lowest BCUT2D eigenvalue weighted by Crippen LogP contribution is -2.43. The minimum Gasteiger partial charge on any atom is -0.490 e. The highest BCUT2D eigenvalue weighted by molar-refractivity contribution is 5.95. The second-order valence-electron chi connectivity index (χ2n) is 7.11. The van der Waals surface area contributed by atoms with Gasteiger partial charge in [0.15, 0.2) is 11.5 Å². The molecule has 26 heavy (non-hydrogen) atoms. The first-order valence-electron chi connectivity index (χ1n) is 8.96. The maximum absolute atomic E-state index is 13.1. The van der Waals surface area contributed by atoms with E-state index in [0.29, 0.717) is 43.4 Å². The molecule has 2 aromatic rings. The van der Waals surface area contributed by atoms with Crippen molar-refractivity contribution in [2.45, 2.75) is 19.0 Å². The summed E-state index contributed by atoms with van der Waals surface area (Å²) in [7, 11) is 4.09. The first-order chi connectivity index (χ1) is 12.6. The molecular weight excluding hydrogens is 332 g/mol. The van der Waals surface area contributed by atoms with Crippen LogP contribution in [0.4, 0.5) is 0 Å². The van der Waals surface area contributed by atoms with Gasteiger partial charge in [0.1, 0.15) is 0 Å². The highest BCUT2D eigenvalue weighted by Gasteiger charge is 2.29. The Morgan fingerprint density at radius 3 is 2.88 bits per heavy atom.